The van der Waals surface area contributed by atoms with Crippen LogP contribution in [0.15, 0.2) is 33.5 Å². The SMILES string of the molecule is Cc1nccn1CCNc1c(Br)cc(Cl)cc1Br. The number of nitrogens with one attached hydrogen (secondary N) is 1. The van der Waals surface area contributed by atoms with Crippen molar-refractivity contribution in [1.82, 2.24) is 9.55 Å². The predicted molar refractivity (Wildman–Crippen MR) is 82.3 cm³/mol. The van der Waals surface area contributed by atoms with E-state index < -0.39 is 0 Å². The van der Waals surface area contributed by atoms with E-state index in [2.05, 4.69) is 46.7 Å². The van der Waals surface area contributed by atoms with E-state index >= 15 is 0 Å². The highest BCUT2D eigenvalue weighted by Crippen LogP contribution is 2.33. The van der Waals surface area contributed by atoms with E-state index in [1.807, 2.05) is 31.5 Å². The number of aryl methyl sites for hydroxylation is 1. The van der Waals surface area contributed by atoms with Gasteiger partial charge in [0, 0.05) is 39.5 Å². The Morgan fingerprint density at radius 2 is 2.00 bits per heavy atom. The predicted octanol–water partition coefficient (Wildman–Crippen LogP) is 4.48. The normalized spacial score (nSPS) is 10.7. The van der Waals surface area contributed by atoms with Gasteiger partial charge in [0.2, 0.25) is 0 Å². The van der Waals surface area contributed by atoms with Gasteiger partial charge in [0.05, 0.1) is 5.69 Å². The zero-order valence-corrected chi connectivity index (χ0v) is 13.7. The van der Waals surface area contributed by atoms with Crippen molar-refractivity contribution >= 4 is 49.1 Å². The molecule has 0 amide bonds. The highest BCUT2D eigenvalue weighted by atomic mass is 79.9. The molecule has 2 rings (SSSR count). The molecule has 1 aromatic heterocycles. The van der Waals surface area contributed by atoms with E-state index in [0.29, 0.717) is 5.02 Å². The van der Waals surface area contributed by atoms with Crippen molar-refractivity contribution in [2.75, 3.05) is 11.9 Å². The Kier molecular flexibility index (Phi) is 4.70. The summed E-state index contributed by atoms with van der Waals surface area (Å²) in [5.41, 5.74) is 1.01. The molecule has 0 saturated carbocycles. The van der Waals surface area contributed by atoms with Crippen molar-refractivity contribution in [3.8, 4) is 0 Å². The van der Waals surface area contributed by atoms with Crippen LogP contribution in [0.25, 0.3) is 0 Å². The quantitative estimate of drug-likeness (QED) is 0.830. The molecule has 0 bridgehead atoms. The first kappa shape index (κ1) is 13.9. The number of anilines is 1. The van der Waals surface area contributed by atoms with Crippen molar-refractivity contribution in [2.24, 2.45) is 0 Å². The molecule has 1 N–H and O–H groups in total. The van der Waals surface area contributed by atoms with E-state index in [1.165, 1.54) is 0 Å². The second-order valence-corrected chi connectivity index (χ2v) is 5.98. The van der Waals surface area contributed by atoms with Crippen LogP contribution in [-0.4, -0.2) is 16.1 Å². The van der Waals surface area contributed by atoms with Gasteiger partial charge in [0.1, 0.15) is 5.82 Å². The summed E-state index contributed by atoms with van der Waals surface area (Å²) >= 11 is 12.9. The molecule has 0 aliphatic carbocycles. The number of imidazole rings is 1. The van der Waals surface area contributed by atoms with Crippen LogP contribution in [0.4, 0.5) is 5.69 Å². The van der Waals surface area contributed by atoms with Gasteiger partial charge in [0.15, 0.2) is 0 Å². The molecule has 0 saturated heterocycles. The zero-order chi connectivity index (χ0) is 13.1. The lowest BCUT2D eigenvalue weighted by atomic mass is 10.3. The van der Waals surface area contributed by atoms with Crippen LogP contribution in [0.1, 0.15) is 5.82 Å². The van der Waals surface area contributed by atoms with Crippen molar-refractivity contribution in [3.05, 3.63) is 44.3 Å². The van der Waals surface area contributed by atoms with E-state index in [0.717, 1.165) is 33.5 Å². The lowest BCUT2D eigenvalue weighted by molar-refractivity contribution is 0.700. The maximum absolute atomic E-state index is 5.96. The van der Waals surface area contributed by atoms with Gasteiger partial charge >= 0.3 is 0 Å². The zero-order valence-electron chi connectivity index (χ0n) is 9.75. The van der Waals surface area contributed by atoms with Gasteiger partial charge in [-0.25, -0.2) is 4.98 Å². The summed E-state index contributed by atoms with van der Waals surface area (Å²) in [6.07, 6.45) is 3.78. The van der Waals surface area contributed by atoms with Crippen LogP contribution < -0.4 is 5.32 Å². The molecule has 0 fully saturated rings. The second kappa shape index (κ2) is 6.08. The molecule has 0 unspecified atom stereocenters. The molecule has 0 aliphatic heterocycles. The maximum Gasteiger partial charge on any atom is 0.105 e. The highest BCUT2D eigenvalue weighted by molar-refractivity contribution is 9.11. The van der Waals surface area contributed by atoms with E-state index in [-0.39, 0.29) is 0 Å². The lowest BCUT2D eigenvalue weighted by Crippen LogP contribution is -2.11. The Morgan fingerprint density at radius 3 is 2.56 bits per heavy atom. The van der Waals surface area contributed by atoms with Gasteiger partial charge in [0.25, 0.3) is 0 Å². The third-order valence-corrected chi connectivity index (χ3v) is 4.05. The summed E-state index contributed by atoms with van der Waals surface area (Å²) in [7, 11) is 0. The molecular formula is C12H12Br2ClN3. The number of benzene rings is 1. The summed E-state index contributed by atoms with van der Waals surface area (Å²) < 4.78 is 4.00. The monoisotopic (exact) mass is 391 g/mol. The minimum atomic E-state index is 0.699. The first-order valence-corrected chi connectivity index (χ1v) is 7.40. The van der Waals surface area contributed by atoms with Crippen molar-refractivity contribution in [3.63, 3.8) is 0 Å². The molecule has 0 atom stereocenters. The number of hydrogen-bond acceptors (Lipinski definition) is 2. The molecule has 2 aromatic rings. The molecule has 1 heterocycles. The van der Waals surface area contributed by atoms with E-state index in [9.17, 15) is 0 Å². The van der Waals surface area contributed by atoms with Crippen molar-refractivity contribution < 1.29 is 0 Å². The molecule has 0 radical (unpaired) electrons. The Morgan fingerprint density at radius 1 is 1.33 bits per heavy atom. The minimum absolute atomic E-state index is 0.699. The molecule has 1 aromatic carbocycles. The van der Waals surface area contributed by atoms with E-state index in [4.69, 9.17) is 11.6 Å². The highest BCUT2D eigenvalue weighted by Gasteiger charge is 2.06. The summed E-state index contributed by atoms with van der Waals surface area (Å²) in [4.78, 5) is 4.19. The summed E-state index contributed by atoms with van der Waals surface area (Å²) in [6.45, 7) is 3.68. The van der Waals surface area contributed by atoms with Crippen molar-refractivity contribution in [1.29, 1.82) is 0 Å². The first-order chi connectivity index (χ1) is 8.58. The Bertz CT molecular complexity index is 531. The fourth-order valence-corrected chi connectivity index (χ4v) is 3.60. The summed E-state index contributed by atoms with van der Waals surface area (Å²) in [5, 5.41) is 4.07. The van der Waals surface area contributed by atoms with E-state index in [1.54, 1.807) is 0 Å². The third kappa shape index (κ3) is 3.28. The van der Waals surface area contributed by atoms with Gasteiger partial charge in [-0.2, -0.15) is 0 Å². The summed E-state index contributed by atoms with van der Waals surface area (Å²) in [6, 6.07) is 3.74. The van der Waals surface area contributed by atoms with Crippen LogP contribution in [0, 0.1) is 6.92 Å². The number of aromatic nitrogens is 2. The smallest absolute Gasteiger partial charge is 0.105 e. The molecule has 18 heavy (non-hydrogen) atoms. The molecule has 0 spiro atoms. The van der Waals surface area contributed by atoms with Gasteiger partial charge in [-0.15, -0.1) is 0 Å². The Labute approximate surface area is 128 Å². The first-order valence-electron chi connectivity index (χ1n) is 5.44. The maximum atomic E-state index is 5.96. The Balaban J connectivity index is 2.01. The van der Waals surface area contributed by atoms with Crippen LogP contribution in [0.2, 0.25) is 5.02 Å². The largest absolute Gasteiger partial charge is 0.381 e. The van der Waals surface area contributed by atoms with Crippen LogP contribution in [0.5, 0.6) is 0 Å². The van der Waals surface area contributed by atoms with Gasteiger partial charge < -0.3 is 9.88 Å². The standard InChI is InChI=1S/C12H12Br2ClN3/c1-8-16-2-4-18(8)5-3-17-12-10(13)6-9(15)7-11(12)14/h2,4,6-7,17H,3,5H2,1H3. The lowest BCUT2D eigenvalue weighted by Gasteiger charge is -2.12. The molecule has 6 heteroatoms. The van der Waals surface area contributed by atoms with Crippen LogP contribution in [0.3, 0.4) is 0 Å². The number of hydrogen-bond donors (Lipinski definition) is 1. The molecule has 3 nitrogen and oxygen atoms in total. The summed E-state index contributed by atoms with van der Waals surface area (Å²) in [5.74, 6) is 1.02. The fraction of sp³-hybridized carbons (Fsp3) is 0.250. The average molecular weight is 394 g/mol. The van der Waals surface area contributed by atoms with Gasteiger partial charge in [-0.1, -0.05) is 11.6 Å². The topological polar surface area (TPSA) is 29.9 Å². The fourth-order valence-electron chi connectivity index (χ4n) is 1.65. The second-order valence-electron chi connectivity index (χ2n) is 3.84. The number of nitrogens with zero attached hydrogens (tertiary/aromatic N) is 2. The number of rotatable bonds is 4. The average Bonchev–Trinajstić information content (AvgIpc) is 2.68. The minimum Gasteiger partial charge on any atom is -0.381 e. The third-order valence-electron chi connectivity index (χ3n) is 2.59. The van der Waals surface area contributed by atoms with Crippen LogP contribution in [-0.2, 0) is 6.54 Å². The van der Waals surface area contributed by atoms with Crippen molar-refractivity contribution in [2.45, 2.75) is 13.5 Å². The molecular weight excluding hydrogens is 381 g/mol. The Hall–Kier alpha value is -0.520. The van der Waals surface area contributed by atoms with Gasteiger partial charge in [-0.05, 0) is 50.9 Å². The molecule has 96 valence electrons. The van der Waals surface area contributed by atoms with Crippen LogP contribution >= 0.6 is 43.5 Å². The number of halogens is 3. The molecule has 0 aliphatic rings. The van der Waals surface area contributed by atoms with Gasteiger partial charge in [-0.3, -0.25) is 0 Å².